The van der Waals surface area contributed by atoms with Crippen LogP contribution in [-0.2, 0) is 0 Å². The fourth-order valence-corrected chi connectivity index (χ4v) is 0.809. The third-order valence-corrected chi connectivity index (χ3v) is 1.40. The number of hydrogen-bond donors (Lipinski definition) is 2. The van der Waals surface area contributed by atoms with Gasteiger partial charge in [0.05, 0.1) is 0 Å². The summed E-state index contributed by atoms with van der Waals surface area (Å²) in [6, 6.07) is 6.19. The Morgan fingerprint density at radius 1 is 1.40 bits per heavy atom. The maximum atomic E-state index is 8.89. The molecule has 1 rings (SSSR count). The van der Waals surface area contributed by atoms with E-state index < -0.39 is 6.33 Å². The summed E-state index contributed by atoms with van der Waals surface area (Å²) < 4.78 is 0. The summed E-state index contributed by atoms with van der Waals surface area (Å²) in [4.78, 5) is 0. The Bertz CT molecular complexity index is 227. The molecule has 0 radical (unpaired) electrons. The Morgan fingerprint density at radius 3 is 2.50 bits per heavy atom. The lowest BCUT2D eigenvalue weighted by Gasteiger charge is -1.97. The van der Waals surface area contributed by atoms with Crippen LogP contribution in [0.25, 0.3) is 0 Å². The van der Waals surface area contributed by atoms with Gasteiger partial charge in [0.2, 0.25) is 0 Å². The minimum absolute atomic E-state index is 0.109. The molecular formula is C6H6BClO2. The molecule has 0 saturated carbocycles. The molecule has 0 bridgehead atoms. The Balaban J connectivity index is 2.96. The molecule has 52 valence electrons. The van der Waals surface area contributed by atoms with Crippen LogP contribution in [0, 0.1) is 0 Å². The molecule has 0 aromatic heterocycles. The molecule has 0 aliphatic rings. The van der Waals surface area contributed by atoms with Gasteiger partial charge in [-0.1, -0.05) is 12.1 Å². The van der Waals surface area contributed by atoms with E-state index in [9.17, 15) is 0 Å². The second-order valence-corrected chi connectivity index (χ2v) is 2.34. The van der Waals surface area contributed by atoms with Crippen molar-refractivity contribution in [2.45, 2.75) is 0 Å². The van der Waals surface area contributed by atoms with Gasteiger partial charge in [0.25, 0.3) is 0 Å². The summed E-state index contributed by atoms with van der Waals surface area (Å²) in [5, 5.41) is 17.7. The minimum Gasteiger partial charge on any atom is -0.508 e. The van der Waals surface area contributed by atoms with Crippen molar-refractivity contribution < 1.29 is 10.1 Å². The summed E-state index contributed by atoms with van der Waals surface area (Å²) in [5.41, 5.74) is 0.502. The van der Waals surface area contributed by atoms with E-state index in [-0.39, 0.29) is 5.75 Å². The van der Waals surface area contributed by atoms with Crippen LogP contribution < -0.4 is 5.46 Å². The number of aromatic hydroxyl groups is 1. The van der Waals surface area contributed by atoms with Crippen molar-refractivity contribution in [3.05, 3.63) is 24.3 Å². The molecule has 0 atom stereocenters. The molecule has 0 spiro atoms. The van der Waals surface area contributed by atoms with E-state index in [1.54, 1.807) is 12.1 Å². The monoisotopic (exact) mass is 156 g/mol. The average molecular weight is 156 g/mol. The topological polar surface area (TPSA) is 40.5 Å². The van der Waals surface area contributed by atoms with E-state index >= 15 is 0 Å². The zero-order chi connectivity index (χ0) is 7.56. The molecule has 0 unspecified atom stereocenters. The van der Waals surface area contributed by atoms with Crippen LogP contribution in [0.2, 0.25) is 0 Å². The quantitative estimate of drug-likeness (QED) is 0.575. The summed E-state index contributed by atoms with van der Waals surface area (Å²) >= 11 is 5.32. The zero-order valence-corrected chi connectivity index (χ0v) is 5.92. The Labute approximate surface area is 64.1 Å². The number of halogens is 1. The molecule has 2 N–H and O–H groups in total. The maximum Gasteiger partial charge on any atom is 0.431 e. The largest absolute Gasteiger partial charge is 0.508 e. The van der Waals surface area contributed by atoms with Crippen molar-refractivity contribution in [1.82, 2.24) is 0 Å². The van der Waals surface area contributed by atoms with E-state index in [1.165, 1.54) is 12.1 Å². The smallest absolute Gasteiger partial charge is 0.431 e. The second-order valence-electron chi connectivity index (χ2n) is 1.93. The summed E-state index contributed by atoms with van der Waals surface area (Å²) in [7, 11) is 0. The van der Waals surface area contributed by atoms with E-state index in [0.29, 0.717) is 5.46 Å². The second kappa shape index (κ2) is 2.95. The van der Waals surface area contributed by atoms with Gasteiger partial charge in [-0.25, -0.2) is 0 Å². The van der Waals surface area contributed by atoms with Crippen molar-refractivity contribution >= 4 is 23.3 Å². The summed E-state index contributed by atoms with van der Waals surface area (Å²) in [5.74, 6) is 0.109. The molecule has 2 nitrogen and oxygen atoms in total. The van der Waals surface area contributed by atoms with Crippen LogP contribution in [-0.4, -0.2) is 16.5 Å². The third kappa shape index (κ3) is 1.66. The van der Waals surface area contributed by atoms with Gasteiger partial charge in [0.1, 0.15) is 5.75 Å². The fraction of sp³-hybridized carbons (Fsp3) is 0. The van der Waals surface area contributed by atoms with Gasteiger partial charge >= 0.3 is 6.33 Å². The molecule has 0 saturated heterocycles. The number of phenolic OH excluding ortho intramolecular Hbond substituents is 1. The third-order valence-electron chi connectivity index (χ3n) is 1.15. The standard InChI is InChI=1S/C6H6BClO2/c8-7(10)5-2-1-3-6(9)4-5/h1-4,9-10H. The van der Waals surface area contributed by atoms with Gasteiger partial charge in [-0.3, -0.25) is 0 Å². The molecule has 10 heavy (non-hydrogen) atoms. The van der Waals surface area contributed by atoms with Gasteiger partial charge in [0, 0.05) is 0 Å². The van der Waals surface area contributed by atoms with Crippen molar-refractivity contribution in [3.63, 3.8) is 0 Å². The number of phenols is 1. The molecule has 0 fully saturated rings. The number of rotatable bonds is 1. The van der Waals surface area contributed by atoms with Crippen LogP contribution in [0.3, 0.4) is 0 Å². The van der Waals surface area contributed by atoms with Gasteiger partial charge in [-0.2, -0.15) is 0 Å². The highest BCUT2D eigenvalue weighted by Gasteiger charge is 2.08. The highest BCUT2D eigenvalue weighted by atomic mass is 35.5. The Morgan fingerprint density at radius 2 is 2.10 bits per heavy atom. The minimum atomic E-state index is -1.04. The zero-order valence-electron chi connectivity index (χ0n) is 5.16. The highest BCUT2D eigenvalue weighted by Crippen LogP contribution is 2.03. The fourth-order valence-electron chi connectivity index (χ4n) is 0.673. The van der Waals surface area contributed by atoms with Gasteiger partial charge in [-0.05, 0) is 17.6 Å². The first-order valence-electron chi connectivity index (χ1n) is 2.81. The van der Waals surface area contributed by atoms with Gasteiger partial charge in [0.15, 0.2) is 0 Å². The van der Waals surface area contributed by atoms with Crippen molar-refractivity contribution in [2.24, 2.45) is 0 Å². The average Bonchev–Trinajstić information content (AvgIpc) is 1.88. The van der Waals surface area contributed by atoms with Crippen LogP contribution >= 0.6 is 11.5 Å². The molecule has 0 aliphatic heterocycles. The Hall–Kier alpha value is -0.665. The molecule has 0 amide bonds. The van der Waals surface area contributed by atoms with Crippen LogP contribution in [0.15, 0.2) is 24.3 Å². The molecule has 1 aromatic rings. The first-order chi connectivity index (χ1) is 4.70. The molecule has 0 aliphatic carbocycles. The van der Waals surface area contributed by atoms with E-state index in [1.807, 2.05) is 0 Å². The maximum absolute atomic E-state index is 8.89. The van der Waals surface area contributed by atoms with E-state index in [4.69, 9.17) is 21.6 Å². The SMILES string of the molecule is OB(Cl)c1cccc(O)c1. The molecular weight excluding hydrogens is 150 g/mol. The number of benzene rings is 1. The summed E-state index contributed by atoms with van der Waals surface area (Å²) in [6.45, 7) is 0. The van der Waals surface area contributed by atoms with Crippen molar-refractivity contribution in [3.8, 4) is 5.75 Å². The normalized spacial score (nSPS) is 9.40. The van der Waals surface area contributed by atoms with E-state index in [2.05, 4.69) is 0 Å². The van der Waals surface area contributed by atoms with Crippen LogP contribution in [0.1, 0.15) is 0 Å². The van der Waals surface area contributed by atoms with E-state index in [0.717, 1.165) is 0 Å². The van der Waals surface area contributed by atoms with Gasteiger partial charge in [-0.15, -0.1) is 11.5 Å². The van der Waals surface area contributed by atoms with Crippen molar-refractivity contribution in [1.29, 1.82) is 0 Å². The number of hydrogen-bond acceptors (Lipinski definition) is 2. The van der Waals surface area contributed by atoms with Crippen LogP contribution in [0.5, 0.6) is 5.75 Å². The van der Waals surface area contributed by atoms with Crippen molar-refractivity contribution in [2.75, 3.05) is 0 Å². The highest BCUT2D eigenvalue weighted by molar-refractivity contribution is 7.09. The summed E-state index contributed by atoms with van der Waals surface area (Å²) in [6.07, 6.45) is -1.04. The van der Waals surface area contributed by atoms with Crippen LogP contribution in [0.4, 0.5) is 0 Å². The predicted molar refractivity (Wildman–Crippen MR) is 41.6 cm³/mol. The lowest BCUT2D eigenvalue weighted by molar-refractivity contribution is 0.475. The molecule has 4 heteroatoms. The predicted octanol–water partition coefficient (Wildman–Crippen LogP) is 0.318. The van der Waals surface area contributed by atoms with Gasteiger partial charge < -0.3 is 10.1 Å². The Kier molecular flexibility index (Phi) is 2.19. The lowest BCUT2D eigenvalue weighted by atomic mass is 9.87. The first kappa shape index (κ1) is 7.44. The first-order valence-corrected chi connectivity index (χ1v) is 3.25. The molecule has 0 heterocycles. The lowest BCUT2D eigenvalue weighted by Crippen LogP contribution is -2.22. The molecule has 1 aromatic carbocycles.